The predicted molar refractivity (Wildman–Crippen MR) is 38.5 cm³/mol. The minimum absolute atomic E-state index is 0.332. The summed E-state index contributed by atoms with van der Waals surface area (Å²) in [5.74, 6) is 1.06. The summed E-state index contributed by atoms with van der Waals surface area (Å²) in [6.07, 6.45) is 0. The Morgan fingerprint density at radius 2 is 2.29 bits per heavy atom. The van der Waals surface area contributed by atoms with Gasteiger partial charge in [-0.2, -0.15) is 11.1 Å². The molecule has 0 aromatic rings. The van der Waals surface area contributed by atoms with Crippen LogP contribution >= 0.6 is 11.1 Å². The van der Waals surface area contributed by atoms with Crippen molar-refractivity contribution in [3.8, 4) is 0 Å². The van der Waals surface area contributed by atoms with Crippen molar-refractivity contribution >= 4 is 11.1 Å². The van der Waals surface area contributed by atoms with Gasteiger partial charge in [-0.15, -0.1) is 0 Å². The van der Waals surface area contributed by atoms with Gasteiger partial charge < -0.3 is 0 Å². The van der Waals surface area contributed by atoms with Gasteiger partial charge in [-0.3, -0.25) is 5.14 Å². The molecule has 0 heterocycles. The monoisotopic (exact) mass is 119 g/mol. The van der Waals surface area contributed by atoms with Crippen molar-refractivity contribution in [1.29, 1.82) is 0 Å². The predicted octanol–water partition coefficient (Wildman–Crippen LogP) is 1.41. The summed E-state index contributed by atoms with van der Waals surface area (Å²) in [6, 6.07) is 0. The van der Waals surface area contributed by atoms with Gasteiger partial charge in [0, 0.05) is 0 Å². The van der Waals surface area contributed by atoms with Gasteiger partial charge in [0.15, 0.2) is 0 Å². The zero-order valence-corrected chi connectivity index (χ0v) is 5.83. The second-order valence-electron chi connectivity index (χ2n) is 1.52. The molecule has 7 heavy (non-hydrogen) atoms. The minimum atomic E-state index is -0.332. The molecular weight excluding hydrogens is 106 g/mol. The summed E-state index contributed by atoms with van der Waals surface area (Å²) < 4.78 is 0. The summed E-state index contributed by atoms with van der Waals surface area (Å²) in [4.78, 5) is 1.14. The zero-order valence-electron chi connectivity index (χ0n) is 4.94. The van der Waals surface area contributed by atoms with Crippen LogP contribution in [0.5, 0.6) is 0 Å². The Labute approximate surface area is 48.1 Å². The van der Waals surface area contributed by atoms with Crippen molar-refractivity contribution < 1.29 is 0 Å². The third-order valence-corrected chi connectivity index (χ3v) is 2.49. The Morgan fingerprint density at radius 3 is 2.29 bits per heavy atom. The summed E-state index contributed by atoms with van der Waals surface area (Å²) in [5.41, 5.74) is 0. The first-order valence-corrected chi connectivity index (χ1v) is 3.95. The third kappa shape index (κ3) is 2.71. The first-order chi connectivity index (χ1) is 3.18. The fourth-order valence-electron chi connectivity index (χ4n) is 0.270. The van der Waals surface area contributed by atoms with E-state index in [2.05, 4.69) is 13.5 Å². The molecule has 0 amide bonds. The molecule has 1 nitrogen and oxygen atoms in total. The molecule has 0 spiro atoms. The zero-order chi connectivity index (χ0) is 5.86. The van der Waals surface area contributed by atoms with E-state index < -0.39 is 0 Å². The molecule has 0 saturated carbocycles. The van der Waals surface area contributed by atoms with E-state index in [0.717, 1.165) is 10.7 Å². The van der Waals surface area contributed by atoms with Crippen LogP contribution in [0.4, 0.5) is 0 Å². The van der Waals surface area contributed by atoms with Gasteiger partial charge in [0.1, 0.15) is 0 Å². The highest BCUT2D eigenvalue weighted by molar-refractivity contribution is 8.18. The van der Waals surface area contributed by atoms with Gasteiger partial charge in [-0.05, 0) is 17.6 Å². The smallest absolute Gasteiger partial charge is 0.0129 e. The van der Waals surface area contributed by atoms with Crippen molar-refractivity contribution in [2.75, 3.05) is 5.75 Å². The largest absolute Gasteiger partial charge is 0.293 e. The Bertz CT molecular complexity index is 70.5. The van der Waals surface area contributed by atoms with E-state index in [1.54, 1.807) is 0 Å². The average molecular weight is 119 g/mol. The lowest BCUT2D eigenvalue weighted by molar-refractivity contribution is 1.49. The van der Waals surface area contributed by atoms with Crippen LogP contribution in [-0.4, -0.2) is 5.75 Å². The van der Waals surface area contributed by atoms with Crippen LogP contribution in [0.2, 0.25) is 0 Å². The van der Waals surface area contributed by atoms with Crippen molar-refractivity contribution in [1.82, 2.24) is 0 Å². The number of hydrogen-bond acceptors (Lipinski definition) is 1. The number of nitrogens with two attached hydrogens (primary N) is 1. The Morgan fingerprint density at radius 1 is 1.86 bits per heavy atom. The molecule has 0 radical (unpaired) electrons. The summed E-state index contributed by atoms with van der Waals surface area (Å²) in [6.45, 7) is 7.79. The molecule has 44 valence electrons. The maximum Gasteiger partial charge on any atom is -0.0129 e. The number of allylic oxidation sites excluding steroid dienone is 1. The van der Waals surface area contributed by atoms with Gasteiger partial charge in [0.05, 0.1) is 0 Å². The average Bonchev–Trinajstić information content (AvgIpc) is 1.65. The Kier molecular flexibility index (Phi) is 3.13. The van der Waals surface area contributed by atoms with Crippen LogP contribution in [0.25, 0.3) is 0 Å². The molecule has 0 saturated heterocycles. The van der Waals surface area contributed by atoms with Crippen molar-refractivity contribution in [3.63, 3.8) is 0 Å². The van der Waals surface area contributed by atoms with Crippen LogP contribution in [0.3, 0.4) is 0 Å². The van der Waals surface area contributed by atoms with Crippen molar-refractivity contribution in [2.45, 2.75) is 13.8 Å². The molecule has 2 heteroatoms. The highest BCUT2D eigenvalue weighted by Crippen LogP contribution is 2.22. The highest BCUT2D eigenvalue weighted by atomic mass is 32.2. The van der Waals surface area contributed by atoms with E-state index in [-0.39, 0.29) is 11.1 Å². The van der Waals surface area contributed by atoms with Gasteiger partial charge in [0.2, 0.25) is 0 Å². The van der Waals surface area contributed by atoms with Gasteiger partial charge in [0.25, 0.3) is 0 Å². The maximum atomic E-state index is 5.58. The summed E-state index contributed by atoms with van der Waals surface area (Å²) in [5, 5.41) is 5.58. The van der Waals surface area contributed by atoms with E-state index >= 15 is 0 Å². The molecule has 0 aliphatic heterocycles. The first-order valence-electron chi connectivity index (χ1n) is 2.36. The molecule has 0 aliphatic rings. The lowest BCUT2D eigenvalue weighted by atomic mass is 10.8. The van der Waals surface area contributed by atoms with Gasteiger partial charge in [-0.25, -0.2) is 0 Å². The third-order valence-electron chi connectivity index (χ3n) is 0.831. The Balaban J connectivity index is 3.34. The molecule has 1 atom stereocenters. The van der Waals surface area contributed by atoms with Gasteiger partial charge in [-0.1, -0.05) is 13.5 Å². The normalized spacial score (nSPS) is 16.1. The standard InChI is InChI=1S/C5H13NS/c1-4-7(6)5(2)3/h7H,2,4,6H2,1,3H3. The minimum Gasteiger partial charge on any atom is -0.293 e. The molecule has 0 fully saturated rings. The molecule has 0 aromatic heterocycles. The van der Waals surface area contributed by atoms with Crippen LogP contribution in [-0.2, 0) is 0 Å². The topological polar surface area (TPSA) is 26.0 Å². The van der Waals surface area contributed by atoms with Crippen LogP contribution in [0.1, 0.15) is 13.8 Å². The van der Waals surface area contributed by atoms with Crippen molar-refractivity contribution in [2.24, 2.45) is 5.14 Å². The number of thiol groups is 1. The molecule has 0 aliphatic carbocycles. The summed E-state index contributed by atoms with van der Waals surface area (Å²) in [7, 11) is 0. The summed E-state index contributed by atoms with van der Waals surface area (Å²) >= 11 is -0.332. The lowest BCUT2D eigenvalue weighted by Crippen LogP contribution is -1.94. The molecular formula is C5H13NS. The van der Waals surface area contributed by atoms with E-state index in [0.29, 0.717) is 0 Å². The van der Waals surface area contributed by atoms with E-state index in [9.17, 15) is 0 Å². The molecule has 2 N–H and O–H groups in total. The lowest BCUT2D eigenvalue weighted by Gasteiger charge is -2.10. The fourth-order valence-corrected chi connectivity index (χ4v) is 0.810. The van der Waals surface area contributed by atoms with Crippen LogP contribution in [0, 0.1) is 0 Å². The second-order valence-corrected chi connectivity index (χ2v) is 3.86. The number of hydrogen-bond donors (Lipinski definition) is 2. The maximum absolute atomic E-state index is 5.58. The van der Waals surface area contributed by atoms with Crippen LogP contribution < -0.4 is 5.14 Å². The second kappa shape index (κ2) is 3.10. The van der Waals surface area contributed by atoms with E-state index in [1.165, 1.54) is 0 Å². The van der Waals surface area contributed by atoms with Crippen molar-refractivity contribution in [3.05, 3.63) is 11.5 Å². The fraction of sp³-hybridized carbons (Fsp3) is 0.600. The first kappa shape index (κ1) is 7.05. The molecule has 0 rings (SSSR count). The molecule has 1 unspecified atom stereocenters. The van der Waals surface area contributed by atoms with E-state index in [4.69, 9.17) is 5.14 Å². The molecule has 0 bridgehead atoms. The quantitative estimate of drug-likeness (QED) is 0.528. The van der Waals surface area contributed by atoms with Gasteiger partial charge >= 0.3 is 0 Å². The number of rotatable bonds is 2. The molecule has 0 aromatic carbocycles. The highest BCUT2D eigenvalue weighted by Gasteiger charge is 1.88. The Hall–Kier alpha value is 0.0500. The van der Waals surface area contributed by atoms with E-state index in [1.807, 2.05) is 6.92 Å². The van der Waals surface area contributed by atoms with Crippen LogP contribution in [0.15, 0.2) is 11.5 Å². The SMILES string of the molecule is C=C(C)[SH](N)CC.